The molecule has 14 nitrogen and oxygen atoms in total. The van der Waals surface area contributed by atoms with Gasteiger partial charge in [0.15, 0.2) is 6.10 Å². The van der Waals surface area contributed by atoms with Gasteiger partial charge in [-0.3, -0.25) is 29.7 Å². The quantitative estimate of drug-likeness (QED) is 0.0631. The molecule has 0 aliphatic carbocycles. The highest BCUT2D eigenvalue weighted by atomic mass is 17.1. The summed E-state index contributed by atoms with van der Waals surface area (Å²) in [5.41, 5.74) is 1.39. The zero-order valence-corrected chi connectivity index (χ0v) is 25.5. The molecule has 0 saturated carbocycles. The first-order chi connectivity index (χ1) is 21.7. The Kier molecular flexibility index (Phi) is 17.0. The van der Waals surface area contributed by atoms with Crippen molar-refractivity contribution >= 4 is 23.7 Å². The molecular weight excluding hydrogens is 590 g/mol. The third kappa shape index (κ3) is 14.4. The second-order valence-corrected chi connectivity index (χ2v) is 10.3. The summed E-state index contributed by atoms with van der Waals surface area (Å²) >= 11 is 0. The minimum absolute atomic E-state index is 0.0851. The van der Waals surface area contributed by atoms with Crippen LogP contribution in [-0.2, 0) is 41.8 Å². The van der Waals surface area contributed by atoms with E-state index in [1.165, 1.54) is 7.11 Å². The molecule has 14 heteroatoms. The van der Waals surface area contributed by atoms with E-state index in [-0.39, 0.29) is 32.5 Å². The number of carbonyl (C=O) groups is 4. The zero-order chi connectivity index (χ0) is 33.0. The fraction of sp³-hybridized carbons (Fsp3) is 0.484. The van der Waals surface area contributed by atoms with Crippen LogP contribution in [0.4, 0.5) is 0 Å². The summed E-state index contributed by atoms with van der Waals surface area (Å²) in [5, 5.41) is 34.6. The number of hydrogen-bond donors (Lipinski definition) is 6. The third-order valence-electron chi connectivity index (χ3n) is 6.72. The molecule has 2 rings (SSSR count). The number of carbonyl (C=O) groups excluding carboxylic acids is 3. The zero-order valence-electron chi connectivity index (χ0n) is 25.5. The maximum absolute atomic E-state index is 13.6. The predicted octanol–water partition coefficient (Wildman–Crippen LogP) is 2.35. The van der Waals surface area contributed by atoms with E-state index in [1.807, 2.05) is 6.92 Å². The van der Waals surface area contributed by atoms with Gasteiger partial charge in [0.05, 0.1) is 13.5 Å². The number of rotatable bonds is 22. The Morgan fingerprint density at radius 3 is 1.82 bits per heavy atom. The van der Waals surface area contributed by atoms with Gasteiger partial charge in [-0.15, -0.1) is 0 Å². The Hall–Kier alpha value is -4.24. The van der Waals surface area contributed by atoms with E-state index < -0.39 is 48.3 Å². The molecule has 2 aromatic carbocycles. The standard InChI is InChI=1S/C31H43N3O11/c1-3-4-5-16-32-30(38)26(17-22-8-12-24(13-9-22)45-25(19-43-40)20-44-41)34-31(39)27(33-28(35)14-15-29(36)37)18-21-6-10-23(42-2)11-7-21/h6-13,25-27,40-41H,3-5,14-20H2,1-2H3,(H,32,38)(H,33,35)(H,34,39)(H,36,37). The van der Waals surface area contributed by atoms with Gasteiger partial charge in [0.25, 0.3) is 0 Å². The van der Waals surface area contributed by atoms with Gasteiger partial charge in [-0.25, -0.2) is 9.78 Å². The van der Waals surface area contributed by atoms with E-state index >= 15 is 0 Å². The number of unbranched alkanes of at least 4 members (excludes halogenated alkanes) is 2. The SMILES string of the molecule is CCCCCNC(=O)C(Cc1ccc(OC(COO)COO)cc1)NC(=O)C(Cc1ccc(OC)cc1)NC(=O)CCC(=O)O. The lowest BCUT2D eigenvalue weighted by Gasteiger charge is -2.24. The second-order valence-electron chi connectivity index (χ2n) is 10.3. The van der Waals surface area contributed by atoms with Crippen LogP contribution in [0.1, 0.15) is 50.2 Å². The van der Waals surface area contributed by atoms with E-state index in [2.05, 4.69) is 25.7 Å². The molecule has 3 amide bonds. The summed E-state index contributed by atoms with van der Waals surface area (Å²) in [4.78, 5) is 58.5. The fourth-order valence-electron chi connectivity index (χ4n) is 4.30. The first-order valence-electron chi connectivity index (χ1n) is 14.7. The number of carboxylic acids is 1. The Morgan fingerprint density at radius 2 is 1.31 bits per heavy atom. The normalized spacial score (nSPS) is 12.2. The first-order valence-corrected chi connectivity index (χ1v) is 14.7. The highest BCUT2D eigenvalue weighted by Gasteiger charge is 2.27. The number of benzene rings is 2. The van der Waals surface area contributed by atoms with Crippen molar-refractivity contribution in [1.29, 1.82) is 0 Å². The van der Waals surface area contributed by atoms with E-state index in [9.17, 15) is 19.2 Å². The number of hydrogen-bond acceptors (Lipinski definition) is 10. The number of methoxy groups -OCH3 is 1. The molecule has 0 heterocycles. The summed E-state index contributed by atoms with van der Waals surface area (Å²) in [5.74, 6) is -1.78. The summed E-state index contributed by atoms with van der Waals surface area (Å²) < 4.78 is 10.8. The third-order valence-corrected chi connectivity index (χ3v) is 6.72. The Balaban J connectivity index is 2.24. The molecule has 2 aromatic rings. The van der Waals surface area contributed by atoms with Crippen LogP contribution in [0.25, 0.3) is 0 Å². The molecule has 0 saturated heterocycles. The molecule has 0 aromatic heterocycles. The molecule has 0 bridgehead atoms. The summed E-state index contributed by atoms with van der Waals surface area (Å²) in [6.45, 7) is 1.97. The average molecular weight is 634 g/mol. The van der Waals surface area contributed by atoms with Gasteiger partial charge in [0.2, 0.25) is 17.7 Å². The van der Waals surface area contributed by atoms with E-state index in [4.69, 9.17) is 25.1 Å². The number of amides is 3. The first kappa shape index (κ1) is 36.9. The minimum atomic E-state index is -1.14. The predicted molar refractivity (Wildman–Crippen MR) is 162 cm³/mol. The van der Waals surface area contributed by atoms with Gasteiger partial charge in [-0.1, -0.05) is 44.0 Å². The van der Waals surface area contributed by atoms with Crippen LogP contribution in [0.5, 0.6) is 11.5 Å². The maximum Gasteiger partial charge on any atom is 0.303 e. The van der Waals surface area contributed by atoms with Crippen molar-refractivity contribution in [3.8, 4) is 11.5 Å². The number of carboxylic acid groups (broad SMARTS) is 1. The van der Waals surface area contributed by atoms with Crippen molar-refractivity contribution in [2.75, 3.05) is 26.9 Å². The summed E-state index contributed by atoms with van der Waals surface area (Å²) in [7, 11) is 1.53. The number of aliphatic carboxylic acids is 1. The van der Waals surface area contributed by atoms with Gasteiger partial charge >= 0.3 is 5.97 Å². The lowest BCUT2D eigenvalue weighted by molar-refractivity contribution is -0.286. The molecule has 6 N–H and O–H groups in total. The Bertz CT molecular complexity index is 1190. The van der Waals surface area contributed by atoms with Crippen LogP contribution < -0.4 is 25.4 Å². The van der Waals surface area contributed by atoms with Crippen molar-refractivity contribution < 1.29 is 54.0 Å². The largest absolute Gasteiger partial charge is 0.497 e. The Labute approximate surface area is 261 Å². The van der Waals surface area contributed by atoms with Gasteiger partial charge in [0.1, 0.15) is 36.8 Å². The number of nitrogens with one attached hydrogen (secondary N) is 3. The second kappa shape index (κ2) is 20.7. The molecule has 0 radical (unpaired) electrons. The van der Waals surface area contributed by atoms with Crippen molar-refractivity contribution in [2.24, 2.45) is 0 Å². The van der Waals surface area contributed by atoms with Gasteiger partial charge < -0.3 is 30.5 Å². The van der Waals surface area contributed by atoms with Gasteiger partial charge in [-0.2, -0.15) is 0 Å². The molecule has 0 aliphatic rings. The molecule has 2 atom stereocenters. The molecule has 248 valence electrons. The fourth-order valence-corrected chi connectivity index (χ4v) is 4.30. The lowest BCUT2D eigenvalue weighted by atomic mass is 10.0. The van der Waals surface area contributed by atoms with Crippen LogP contribution in [0.15, 0.2) is 48.5 Å². The van der Waals surface area contributed by atoms with Crippen molar-refractivity contribution in [2.45, 2.75) is 70.1 Å². The van der Waals surface area contributed by atoms with Crippen LogP contribution in [0.3, 0.4) is 0 Å². The van der Waals surface area contributed by atoms with Gasteiger partial charge in [0, 0.05) is 25.8 Å². The summed E-state index contributed by atoms with van der Waals surface area (Å²) in [6.07, 6.45) is 1.35. The molecule has 45 heavy (non-hydrogen) atoms. The maximum atomic E-state index is 13.6. The lowest BCUT2D eigenvalue weighted by Crippen LogP contribution is -2.55. The highest BCUT2D eigenvalue weighted by Crippen LogP contribution is 2.17. The van der Waals surface area contributed by atoms with Crippen molar-refractivity contribution in [3.63, 3.8) is 0 Å². The van der Waals surface area contributed by atoms with Crippen molar-refractivity contribution in [3.05, 3.63) is 59.7 Å². The average Bonchev–Trinajstić information content (AvgIpc) is 3.02. The minimum Gasteiger partial charge on any atom is -0.497 e. The molecular formula is C31H43N3O11. The van der Waals surface area contributed by atoms with E-state index in [0.717, 1.165) is 19.3 Å². The summed E-state index contributed by atoms with van der Waals surface area (Å²) in [6, 6.07) is 11.4. The molecule has 0 aliphatic heterocycles. The smallest absolute Gasteiger partial charge is 0.303 e. The molecule has 0 fully saturated rings. The van der Waals surface area contributed by atoms with E-state index in [0.29, 0.717) is 29.2 Å². The van der Waals surface area contributed by atoms with Crippen molar-refractivity contribution in [1.82, 2.24) is 16.0 Å². The topological polar surface area (TPSA) is 202 Å². The number of ether oxygens (including phenoxy) is 2. The van der Waals surface area contributed by atoms with Crippen LogP contribution >= 0.6 is 0 Å². The molecule has 2 unspecified atom stereocenters. The van der Waals surface area contributed by atoms with E-state index in [1.54, 1.807) is 48.5 Å². The van der Waals surface area contributed by atoms with Crippen LogP contribution in [0.2, 0.25) is 0 Å². The highest BCUT2D eigenvalue weighted by molar-refractivity contribution is 5.92. The monoisotopic (exact) mass is 633 g/mol. The molecule has 0 spiro atoms. The Morgan fingerprint density at radius 1 is 0.756 bits per heavy atom. The van der Waals surface area contributed by atoms with Crippen LogP contribution in [0, 0.1) is 0 Å². The van der Waals surface area contributed by atoms with Crippen LogP contribution in [-0.4, -0.2) is 84.4 Å². The van der Waals surface area contributed by atoms with Gasteiger partial charge in [-0.05, 0) is 41.8 Å².